The minimum atomic E-state index is -0.00603. The Kier molecular flexibility index (Phi) is 4.79. The quantitative estimate of drug-likeness (QED) is 0.816. The van der Waals surface area contributed by atoms with E-state index in [1.165, 1.54) is 0 Å². The Morgan fingerprint density at radius 1 is 1.33 bits per heavy atom. The highest BCUT2D eigenvalue weighted by Gasteiger charge is 2.20. The molecule has 0 aliphatic carbocycles. The normalized spacial score (nSPS) is 11.2. The molecule has 0 bridgehead atoms. The van der Waals surface area contributed by atoms with Crippen LogP contribution in [0.25, 0.3) is 0 Å². The van der Waals surface area contributed by atoms with E-state index < -0.39 is 0 Å². The maximum absolute atomic E-state index is 5.78. The first kappa shape index (κ1) is 14.6. The van der Waals surface area contributed by atoms with Crippen LogP contribution < -0.4 is 15.2 Å². The summed E-state index contributed by atoms with van der Waals surface area (Å²) >= 11 is 0. The smallest absolute Gasteiger partial charge is 0.123 e. The molecule has 0 saturated heterocycles. The average Bonchev–Trinajstić information content (AvgIpc) is 2.34. The van der Waals surface area contributed by atoms with E-state index in [1.54, 1.807) is 7.11 Å². The van der Waals surface area contributed by atoms with E-state index in [0.717, 1.165) is 22.6 Å². The number of hydrogen-bond acceptors (Lipinski definition) is 3. The van der Waals surface area contributed by atoms with Crippen molar-refractivity contribution in [2.24, 2.45) is 5.73 Å². The summed E-state index contributed by atoms with van der Waals surface area (Å²) in [6, 6.07) is 5.85. The van der Waals surface area contributed by atoms with Crippen LogP contribution in [-0.2, 0) is 5.41 Å². The third kappa shape index (κ3) is 3.77. The molecule has 1 rings (SSSR count). The number of nitrogens with two attached hydrogens (primary N) is 1. The van der Waals surface area contributed by atoms with Crippen LogP contribution in [0.15, 0.2) is 30.4 Å². The van der Waals surface area contributed by atoms with Crippen LogP contribution >= 0.6 is 0 Å². The standard InChI is InChI=1S/C15H23NO2/c1-11(9-16)10-18-14-7-6-12(17-5)8-13(14)15(2,3)4/h6-8H,1,9-10,16H2,2-5H3. The van der Waals surface area contributed by atoms with Gasteiger partial charge in [-0.2, -0.15) is 0 Å². The van der Waals surface area contributed by atoms with Crippen LogP contribution in [0.1, 0.15) is 26.3 Å². The molecule has 0 amide bonds. The summed E-state index contributed by atoms with van der Waals surface area (Å²) < 4.78 is 11.0. The van der Waals surface area contributed by atoms with Crippen molar-refractivity contribution in [2.45, 2.75) is 26.2 Å². The molecule has 0 unspecified atom stereocenters. The highest BCUT2D eigenvalue weighted by Crippen LogP contribution is 2.34. The Morgan fingerprint density at radius 3 is 2.50 bits per heavy atom. The van der Waals surface area contributed by atoms with E-state index in [1.807, 2.05) is 18.2 Å². The molecule has 3 nitrogen and oxygen atoms in total. The van der Waals surface area contributed by atoms with Gasteiger partial charge in [-0.3, -0.25) is 0 Å². The van der Waals surface area contributed by atoms with Crippen molar-refractivity contribution in [3.05, 3.63) is 35.9 Å². The molecule has 0 radical (unpaired) electrons. The molecule has 1 aromatic rings. The van der Waals surface area contributed by atoms with Crippen molar-refractivity contribution in [2.75, 3.05) is 20.3 Å². The summed E-state index contributed by atoms with van der Waals surface area (Å²) in [6.45, 7) is 11.2. The highest BCUT2D eigenvalue weighted by molar-refractivity contribution is 5.44. The van der Waals surface area contributed by atoms with Gasteiger partial charge in [0.15, 0.2) is 0 Å². The van der Waals surface area contributed by atoms with Crippen LogP contribution in [0.4, 0.5) is 0 Å². The van der Waals surface area contributed by atoms with Gasteiger partial charge in [-0.15, -0.1) is 0 Å². The van der Waals surface area contributed by atoms with E-state index in [-0.39, 0.29) is 5.41 Å². The first-order valence-corrected chi connectivity index (χ1v) is 6.06. The van der Waals surface area contributed by atoms with Gasteiger partial charge in [0, 0.05) is 12.1 Å². The van der Waals surface area contributed by atoms with Gasteiger partial charge in [0.1, 0.15) is 18.1 Å². The van der Waals surface area contributed by atoms with Gasteiger partial charge in [-0.1, -0.05) is 27.4 Å². The molecule has 0 aliphatic heterocycles. The molecule has 3 heteroatoms. The minimum absolute atomic E-state index is 0.00603. The van der Waals surface area contributed by atoms with Crippen LogP contribution in [0, 0.1) is 0 Å². The first-order valence-electron chi connectivity index (χ1n) is 6.06. The second-order valence-electron chi connectivity index (χ2n) is 5.35. The van der Waals surface area contributed by atoms with E-state index >= 15 is 0 Å². The van der Waals surface area contributed by atoms with E-state index in [4.69, 9.17) is 15.2 Å². The zero-order valence-electron chi connectivity index (χ0n) is 11.7. The zero-order valence-corrected chi connectivity index (χ0v) is 11.7. The molecule has 2 N–H and O–H groups in total. The Hall–Kier alpha value is -1.48. The van der Waals surface area contributed by atoms with E-state index in [2.05, 4.69) is 27.4 Å². The topological polar surface area (TPSA) is 44.5 Å². The lowest BCUT2D eigenvalue weighted by Crippen LogP contribution is -2.16. The second kappa shape index (κ2) is 5.91. The van der Waals surface area contributed by atoms with Gasteiger partial charge in [-0.25, -0.2) is 0 Å². The number of benzene rings is 1. The Labute approximate surface area is 110 Å². The summed E-state index contributed by atoms with van der Waals surface area (Å²) in [5.41, 5.74) is 7.50. The second-order valence-corrected chi connectivity index (χ2v) is 5.35. The maximum Gasteiger partial charge on any atom is 0.123 e. The summed E-state index contributed by atoms with van der Waals surface area (Å²) in [4.78, 5) is 0. The SMILES string of the molecule is C=C(CN)COc1ccc(OC)cc1C(C)(C)C. The lowest BCUT2D eigenvalue weighted by molar-refractivity contribution is 0.337. The molecule has 0 aromatic heterocycles. The fraction of sp³-hybridized carbons (Fsp3) is 0.467. The number of ether oxygens (including phenoxy) is 2. The van der Waals surface area contributed by atoms with Crippen molar-refractivity contribution in [3.8, 4) is 11.5 Å². The van der Waals surface area contributed by atoms with Crippen molar-refractivity contribution >= 4 is 0 Å². The lowest BCUT2D eigenvalue weighted by Gasteiger charge is -2.23. The molecule has 0 spiro atoms. The van der Waals surface area contributed by atoms with Crippen molar-refractivity contribution in [1.82, 2.24) is 0 Å². The average molecular weight is 249 g/mol. The van der Waals surface area contributed by atoms with Gasteiger partial charge in [0.25, 0.3) is 0 Å². The first-order chi connectivity index (χ1) is 8.38. The third-order valence-electron chi connectivity index (χ3n) is 2.72. The van der Waals surface area contributed by atoms with Crippen LogP contribution in [0.3, 0.4) is 0 Å². The number of hydrogen-bond donors (Lipinski definition) is 1. The predicted molar refractivity (Wildman–Crippen MR) is 75.4 cm³/mol. The third-order valence-corrected chi connectivity index (χ3v) is 2.72. The van der Waals surface area contributed by atoms with Gasteiger partial charge in [0.2, 0.25) is 0 Å². The minimum Gasteiger partial charge on any atom is -0.497 e. The Bertz CT molecular complexity index is 419. The monoisotopic (exact) mass is 249 g/mol. The van der Waals surface area contributed by atoms with Crippen molar-refractivity contribution in [1.29, 1.82) is 0 Å². The van der Waals surface area contributed by atoms with E-state index in [9.17, 15) is 0 Å². The summed E-state index contributed by atoms with van der Waals surface area (Å²) in [7, 11) is 1.67. The molecule has 1 aromatic carbocycles. The summed E-state index contributed by atoms with van der Waals surface area (Å²) in [5, 5.41) is 0. The number of rotatable bonds is 5. The Morgan fingerprint density at radius 2 is 2.00 bits per heavy atom. The summed E-state index contributed by atoms with van der Waals surface area (Å²) in [5.74, 6) is 1.70. The number of methoxy groups -OCH3 is 1. The predicted octanol–water partition coefficient (Wildman–Crippen LogP) is 2.89. The van der Waals surface area contributed by atoms with Crippen molar-refractivity contribution in [3.63, 3.8) is 0 Å². The molecular formula is C15H23NO2. The molecule has 100 valence electrons. The van der Waals surface area contributed by atoms with Crippen molar-refractivity contribution < 1.29 is 9.47 Å². The van der Waals surface area contributed by atoms with Crippen LogP contribution in [0.5, 0.6) is 11.5 Å². The largest absolute Gasteiger partial charge is 0.497 e. The molecule has 0 atom stereocenters. The van der Waals surface area contributed by atoms with Gasteiger partial charge >= 0.3 is 0 Å². The highest BCUT2D eigenvalue weighted by atomic mass is 16.5. The van der Waals surface area contributed by atoms with Crippen LogP contribution in [0.2, 0.25) is 0 Å². The van der Waals surface area contributed by atoms with Gasteiger partial charge in [-0.05, 0) is 29.2 Å². The molecule has 0 saturated carbocycles. The fourth-order valence-corrected chi connectivity index (χ4v) is 1.59. The molecule has 0 aliphatic rings. The van der Waals surface area contributed by atoms with Gasteiger partial charge < -0.3 is 15.2 Å². The molecular weight excluding hydrogens is 226 g/mol. The Balaban J connectivity index is 2.99. The molecule has 0 fully saturated rings. The van der Waals surface area contributed by atoms with E-state index in [0.29, 0.717) is 13.2 Å². The maximum atomic E-state index is 5.78. The summed E-state index contributed by atoms with van der Waals surface area (Å²) in [6.07, 6.45) is 0. The van der Waals surface area contributed by atoms with Gasteiger partial charge in [0.05, 0.1) is 7.11 Å². The lowest BCUT2D eigenvalue weighted by atomic mass is 9.86. The molecule has 18 heavy (non-hydrogen) atoms. The molecule has 0 heterocycles. The fourth-order valence-electron chi connectivity index (χ4n) is 1.59. The zero-order chi connectivity index (χ0) is 13.8. The van der Waals surface area contributed by atoms with Crippen LogP contribution in [-0.4, -0.2) is 20.3 Å².